The van der Waals surface area contributed by atoms with Crippen LogP contribution in [-0.4, -0.2) is 50.4 Å². The number of amides is 2. The lowest BCUT2D eigenvalue weighted by Crippen LogP contribution is -2.52. The number of hydrogen-bond donors (Lipinski definition) is 1. The molecule has 12 heteroatoms. The Morgan fingerprint density at radius 1 is 0.902 bits per heavy atom. The Morgan fingerprint density at radius 3 is 2.02 bits per heavy atom. The van der Waals surface area contributed by atoms with E-state index in [2.05, 4.69) is 5.32 Å². The third-order valence-electron chi connectivity index (χ3n) is 6.10. The van der Waals surface area contributed by atoms with Gasteiger partial charge < -0.3 is 15.0 Å². The van der Waals surface area contributed by atoms with Gasteiger partial charge in [-0.1, -0.05) is 40.9 Å². The van der Waals surface area contributed by atoms with E-state index in [0.29, 0.717) is 33.0 Å². The maximum atomic E-state index is 14.0. The fourth-order valence-corrected chi connectivity index (χ4v) is 6.04. The van der Waals surface area contributed by atoms with E-state index in [0.717, 1.165) is 4.31 Å². The third kappa shape index (κ3) is 8.29. The fraction of sp³-hybridized carbons (Fsp3) is 0.310. The number of benzene rings is 3. The Bertz CT molecular complexity index is 1450. The molecule has 1 atom stereocenters. The molecule has 3 aromatic carbocycles. The van der Waals surface area contributed by atoms with Crippen LogP contribution in [0.25, 0.3) is 0 Å². The number of carbonyl (C=O) groups excluding carboxylic acids is 2. The average Bonchev–Trinajstić information content (AvgIpc) is 2.91. The van der Waals surface area contributed by atoms with Crippen molar-refractivity contribution in [3.8, 4) is 5.75 Å². The van der Waals surface area contributed by atoms with E-state index in [1.165, 1.54) is 29.2 Å². The van der Waals surface area contributed by atoms with E-state index in [-0.39, 0.29) is 23.2 Å². The van der Waals surface area contributed by atoms with Crippen molar-refractivity contribution in [1.29, 1.82) is 0 Å². The number of rotatable bonds is 12. The number of hydrogen-bond acceptors (Lipinski definition) is 5. The van der Waals surface area contributed by atoms with Crippen molar-refractivity contribution in [1.82, 2.24) is 10.2 Å². The van der Waals surface area contributed by atoms with Crippen molar-refractivity contribution in [3.63, 3.8) is 0 Å². The molecule has 220 valence electrons. The molecule has 0 aliphatic carbocycles. The summed E-state index contributed by atoms with van der Waals surface area (Å²) >= 11 is 18.8. The van der Waals surface area contributed by atoms with Crippen LogP contribution in [0.1, 0.15) is 33.3 Å². The number of nitrogens with one attached hydrogen (secondary N) is 1. The Hall–Kier alpha value is -2.98. The first-order chi connectivity index (χ1) is 19.3. The summed E-state index contributed by atoms with van der Waals surface area (Å²) in [7, 11) is -4.25. The smallest absolute Gasteiger partial charge is 0.264 e. The molecule has 3 rings (SSSR count). The molecule has 0 bridgehead atoms. The van der Waals surface area contributed by atoms with Crippen LogP contribution in [-0.2, 0) is 26.2 Å². The molecule has 1 N–H and O–H groups in total. The second-order valence-electron chi connectivity index (χ2n) is 9.45. The lowest BCUT2D eigenvalue weighted by Gasteiger charge is -2.32. The molecular weight excluding hydrogens is 609 g/mol. The van der Waals surface area contributed by atoms with Crippen LogP contribution in [0.15, 0.2) is 71.6 Å². The molecule has 0 spiro atoms. The number of ether oxygens (including phenoxy) is 1. The predicted octanol–water partition coefficient (Wildman–Crippen LogP) is 6.18. The first kappa shape index (κ1) is 32.5. The van der Waals surface area contributed by atoms with Gasteiger partial charge in [-0.3, -0.25) is 13.9 Å². The Balaban J connectivity index is 2.07. The molecule has 41 heavy (non-hydrogen) atoms. The fourth-order valence-electron chi connectivity index (χ4n) is 3.98. The van der Waals surface area contributed by atoms with E-state index in [9.17, 15) is 18.0 Å². The minimum absolute atomic E-state index is 0.0603. The third-order valence-corrected chi connectivity index (χ3v) is 8.85. The van der Waals surface area contributed by atoms with Gasteiger partial charge in [0.1, 0.15) is 18.3 Å². The zero-order valence-corrected chi connectivity index (χ0v) is 26.2. The number of sulfonamides is 1. The standard InChI is InChI=1S/C29H32Cl3N3O5S/c1-5-40-23-13-11-22(12-14-23)35(41(38,39)24-15-9-21(30)10-16-24)18-28(36)34(20(4)29(37)33-19(2)3)17-25-26(31)7-6-8-27(25)32/h6-16,19-20H,5,17-18H2,1-4H3,(H,33,37). The quantitative estimate of drug-likeness (QED) is 0.255. The second-order valence-corrected chi connectivity index (χ2v) is 12.6. The van der Waals surface area contributed by atoms with Crippen molar-refractivity contribution in [2.75, 3.05) is 17.5 Å². The summed E-state index contributed by atoms with van der Waals surface area (Å²) in [4.78, 5) is 28.2. The van der Waals surface area contributed by atoms with Gasteiger partial charge in [-0.2, -0.15) is 0 Å². The number of nitrogens with zero attached hydrogens (tertiary/aromatic N) is 2. The van der Waals surface area contributed by atoms with Gasteiger partial charge in [0.05, 0.1) is 17.2 Å². The zero-order chi connectivity index (χ0) is 30.3. The molecule has 8 nitrogen and oxygen atoms in total. The predicted molar refractivity (Wildman–Crippen MR) is 163 cm³/mol. The van der Waals surface area contributed by atoms with Gasteiger partial charge in [0.2, 0.25) is 11.8 Å². The number of anilines is 1. The van der Waals surface area contributed by atoms with Crippen LogP contribution >= 0.6 is 34.8 Å². The van der Waals surface area contributed by atoms with Gasteiger partial charge in [-0.05, 0) is 88.4 Å². The van der Waals surface area contributed by atoms with E-state index in [4.69, 9.17) is 39.5 Å². The SMILES string of the molecule is CCOc1ccc(N(CC(=O)N(Cc2c(Cl)cccc2Cl)C(C)C(=O)NC(C)C)S(=O)(=O)c2ccc(Cl)cc2)cc1. The summed E-state index contributed by atoms with van der Waals surface area (Å²) in [5.41, 5.74) is 0.660. The van der Waals surface area contributed by atoms with Crippen molar-refractivity contribution < 1.29 is 22.7 Å². The highest BCUT2D eigenvalue weighted by atomic mass is 35.5. The van der Waals surface area contributed by atoms with Crippen LogP contribution in [0.5, 0.6) is 5.75 Å². The van der Waals surface area contributed by atoms with Crippen molar-refractivity contribution in [3.05, 3.63) is 87.4 Å². The van der Waals surface area contributed by atoms with E-state index >= 15 is 0 Å². The molecule has 2 amide bonds. The highest BCUT2D eigenvalue weighted by Crippen LogP contribution is 2.29. The molecule has 0 aliphatic rings. The molecule has 1 unspecified atom stereocenters. The van der Waals surface area contributed by atoms with Crippen LogP contribution in [0, 0.1) is 0 Å². The average molecular weight is 641 g/mol. The van der Waals surface area contributed by atoms with Crippen molar-refractivity contribution in [2.24, 2.45) is 0 Å². The maximum absolute atomic E-state index is 14.0. The second kappa shape index (κ2) is 14.3. The van der Waals surface area contributed by atoms with Crippen molar-refractivity contribution >= 4 is 62.3 Å². The molecule has 0 aliphatic heterocycles. The monoisotopic (exact) mass is 639 g/mol. The number of carbonyl (C=O) groups is 2. The maximum Gasteiger partial charge on any atom is 0.264 e. The summed E-state index contributed by atoms with van der Waals surface area (Å²) in [6.45, 7) is 6.70. The topological polar surface area (TPSA) is 96.0 Å². The van der Waals surface area contributed by atoms with Gasteiger partial charge in [-0.25, -0.2) is 8.42 Å². The van der Waals surface area contributed by atoms with Crippen LogP contribution < -0.4 is 14.4 Å². The normalized spacial score (nSPS) is 12.1. The van der Waals surface area contributed by atoms with Gasteiger partial charge in [0.15, 0.2) is 0 Å². The van der Waals surface area contributed by atoms with Crippen LogP contribution in [0.2, 0.25) is 15.1 Å². The zero-order valence-electron chi connectivity index (χ0n) is 23.1. The molecule has 0 heterocycles. The van der Waals surface area contributed by atoms with Crippen molar-refractivity contribution in [2.45, 2.75) is 51.2 Å². The molecule has 0 fully saturated rings. The lowest BCUT2D eigenvalue weighted by atomic mass is 10.1. The molecule has 0 aromatic heterocycles. The lowest BCUT2D eigenvalue weighted by molar-refractivity contribution is -0.139. The Labute approximate surface area is 256 Å². The first-order valence-electron chi connectivity index (χ1n) is 12.9. The van der Waals surface area contributed by atoms with E-state index in [1.54, 1.807) is 63.2 Å². The summed E-state index contributed by atoms with van der Waals surface area (Å²) in [5, 5.41) is 3.78. The Morgan fingerprint density at radius 2 is 1.49 bits per heavy atom. The summed E-state index contributed by atoms with van der Waals surface area (Å²) in [6.07, 6.45) is 0. The highest BCUT2D eigenvalue weighted by Gasteiger charge is 2.33. The molecular formula is C29H32Cl3N3O5S. The van der Waals surface area contributed by atoms with Crippen LogP contribution in [0.4, 0.5) is 5.69 Å². The largest absolute Gasteiger partial charge is 0.494 e. The van der Waals surface area contributed by atoms with Gasteiger partial charge in [-0.15, -0.1) is 0 Å². The minimum Gasteiger partial charge on any atom is -0.494 e. The van der Waals surface area contributed by atoms with Crippen LogP contribution in [0.3, 0.4) is 0 Å². The minimum atomic E-state index is -4.25. The van der Waals surface area contributed by atoms with Gasteiger partial charge in [0.25, 0.3) is 10.0 Å². The molecule has 3 aromatic rings. The first-order valence-corrected chi connectivity index (χ1v) is 15.5. The van der Waals surface area contributed by atoms with Gasteiger partial charge in [0, 0.05) is 33.2 Å². The molecule has 0 saturated heterocycles. The molecule has 0 saturated carbocycles. The van der Waals surface area contributed by atoms with E-state index < -0.39 is 34.4 Å². The summed E-state index contributed by atoms with van der Waals surface area (Å²) in [6, 6.07) is 15.7. The Kier molecular flexibility index (Phi) is 11.3. The number of halogens is 3. The summed E-state index contributed by atoms with van der Waals surface area (Å²) in [5.74, 6) is -0.510. The summed E-state index contributed by atoms with van der Waals surface area (Å²) < 4.78 is 34.3. The van der Waals surface area contributed by atoms with Gasteiger partial charge >= 0.3 is 0 Å². The highest BCUT2D eigenvalue weighted by molar-refractivity contribution is 7.92. The molecule has 0 radical (unpaired) electrons. The van der Waals surface area contributed by atoms with E-state index in [1.807, 2.05) is 6.92 Å².